The quantitative estimate of drug-likeness (QED) is 0.628. The molecule has 110 valence electrons. The van der Waals surface area contributed by atoms with Crippen molar-refractivity contribution >= 4 is 33.0 Å². The first-order valence-corrected chi connectivity index (χ1v) is 7.92. The minimum absolute atomic E-state index is 0.564. The van der Waals surface area contributed by atoms with Gasteiger partial charge >= 0.3 is 0 Å². The van der Waals surface area contributed by atoms with Crippen LogP contribution in [0.3, 0.4) is 0 Å². The number of aromatic nitrogens is 5. The van der Waals surface area contributed by atoms with Crippen LogP contribution in [0.25, 0.3) is 15.9 Å². The molecule has 0 bridgehead atoms. The predicted octanol–water partition coefficient (Wildman–Crippen LogP) is 2.91. The van der Waals surface area contributed by atoms with Gasteiger partial charge < -0.3 is 5.32 Å². The zero-order valence-electron chi connectivity index (χ0n) is 12.0. The Balaban J connectivity index is 1.65. The Morgan fingerprint density at radius 3 is 3.09 bits per heavy atom. The maximum atomic E-state index is 4.36. The molecule has 0 atom stereocenters. The van der Waals surface area contributed by atoms with Crippen molar-refractivity contribution in [3.8, 4) is 0 Å². The van der Waals surface area contributed by atoms with Gasteiger partial charge in [0.05, 0.1) is 11.9 Å². The molecule has 0 saturated heterocycles. The molecule has 0 aliphatic carbocycles. The average Bonchev–Trinajstić information content (AvgIpc) is 3.16. The number of nitrogens with one attached hydrogen (secondary N) is 1. The molecule has 0 saturated carbocycles. The van der Waals surface area contributed by atoms with Gasteiger partial charge in [-0.05, 0) is 24.6 Å². The fourth-order valence-corrected chi connectivity index (χ4v) is 3.33. The van der Waals surface area contributed by atoms with Crippen LogP contribution in [-0.4, -0.2) is 24.6 Å². The highest BCUT2D eigenvalue weighted by molar-refractivity contribution is 7.18. The van der Waals surface area contributed by atoms with E-state index in [1.54, 1.807) is 17.7 Å². The molecule has 22 heavy (non-hydrogen) atoms. The van der Waals surface area contributed by atoms with E-state index in [-0.39, 0.29) is 0 Å². The molecule has 4 rings (SSSR count). The number of pyridine rings is 1. The lowest BCUT2D eigenvalue weighted by atomic mass is 10.3. The van der Waals surface area contributed by atoms with Crippen molar-refractivity contribution in [3.63, 3.8) is 0 Å². The predicted molar refractivity (Wildman–Crippen MR) is 87.1 cm³/mol. The Bertz CT molecular complexity index is 941. The van der Waals surface area contributed by atoms with E-state index >= 15 is 0 Å². The number of thiophene rings is 1. The zero-order valence-corrected chi connectivity index (χ0v) is 12.8. The zero-order chi connectivity index (χ0) is 14.9. The maximum Gasteiger partial charge on any atom is 0.160 e. The normalized spacial score (nSPS) is 11.3. The summed E-state index contributed by atoms with van der Waals surface area (Å²) in [6.07, 6.45) is 4.57. The van der Waals surface area contributed by atoms with Crippen molar-refractivity contribution in [2.24, 2.45) is 0 Å². The maximum absolute atomic E-state index is 4.36. The summed E-state index contributed by atoms with van der Waals surface area (Å²) in [5.74, 6) is 1.70. The highest BCUT2D eigenvalue weighted by Gasteiger charge is 2.09. The van der Waals surface area contributed by atoms with Crippen LogP contribution in [0.4, 0.5) is 5.82 Å². The van der Waals surface area contributed by atoms with E-state index < -0.39 is 0 Å². The highest BCUT2D eigenvalue weighted by Crippen LogP contribution is 2.28. The molecule has 4 aromatic rings. The summed E-state index contributed by atoms with van der Waals surface area (Å²) in [6.45, 7) is 2.71. The van der Waals surface area contributed by atoms with E-state index in [0.29, 0.717) is 6.54 Å². The standard InChI is InChI=1S/C15H14N6S/c1-2-10-7-11-14(17-9-18-15(11)22-10)16-8-13-20-19-12-5-3-4-6-21(12)13/h3-7,9H,2,8H2,1H3,(H,16,17,18). The summed E-state index contributed by atoms with van der Waals surface area (Å²) in [5.41, 5.74) is 0.843. The second kappa shape index (κ2) is 5.34. The van der Waals surface area contributed by atoms with E-state index in [9.17, 15) is 0 Å². The fraction of sp³-hybridized carbons (Fsp3) is 0.200. The molecule has 4 aromatic heterocycles. The van der Waals surface area contributed by atoms with Gasteiger partial charge in [0.15, 0.2) is 11.5 Å². The second-order valence-electron chi connectivity index (χ2n) is 4.91. The van der Waals surface area contributed by atoms with Gasteiger partial charge in [0, 0.05) is 11.1 Å². The van der Waals surface area contributed by atoms with Gasteiger partial charge in [-0.3, -0.25) is 4.40 Å². The lowest BCUT2D eigenvalue weighted by Crippen LogP contribution is -2.05. The summed E-state index contributed by atoms with van der Waals surface area (Å²) in [7, 11) is 0. The third-order valence-electron chi connectivity index (χ3n) is 3.53. The van der Waals surface area contributed by atoms with E-state index in [1.807, 2.05) is 28.8 Å². The molecular weight excluding hydrogens is 296 g/mol. The number of anilines is 1. The van der Waals surface area contributed by atoms with Gasteiger partial charge in [0.2, 0.25) is 0 Å². The highest BCUT2D eigenvalue weighted by atomic mass is 32.1. The number of hydrogen-bond acceptors (Lipinski definition) is 6. The monoisotopic (exact) mass is 310 g/mol. The molecular formula is C15H14N6S. The SMILES string of the molecule is CCc1cc2c(NCc3nnc4ccccn34)ncnc2s1. The van der Waals surface area contributed by atoms with Gasteiger partial charge in [-0.2, -0.15) is 0 Å². The molecule has 0 amide bonds. The van der Waals surface area contributed by atoms with Gasteiger partial charge in [0.1, 0.15) is 17.0 Å². The van der Waals surface area contributed by atoms with Crippen molar-refractivity contribution in [1.29, 1.82) is 0 Å². The second-order valence-corrected chi connectivity index (χ2v) is 6.02. The first kappa shape index (κ1) is 13.1. The number of rotatable bonds is 4. The van der Waals surface area contributed by atoms with Crippen LogP contribution in [-0.2, 0) is 13.0 Å². The van der Waals surface area contributed by atoms with Crippen LogP contribution in [0.15, 0.2) is 36.8 Å². The van der Waals surface area contributed by atoms with Crippen molar-refractivity contribution in [1.82, 2.24) is 24.6 Å². The van der Waals surface area contributed by atoms with Crippen molar-refractivity contribution in [2.45, 2.75) is 19.9 Å². The molecule has 0 aliphatic rings. The lowest BCUT2D eigenvalue weighted by molar-refractivity contribution is 0.912. The first-order valence-electron chi connectivity index (χ1n) is 7.11. The minimum Gasteiger partial charge on any atom is -0.362 e. The molecule has 0 spiro atoms. The molecule has 7 heteroatoms. The van der Waals surface area contributed by atoms with Gasteiger partial charge in [0.25, 0.3) is 0 Å². The molecule has 0 aliphatic heterocycles. The van der Waals surface area contributed by atoms with Crippen LogP contribution >= 0.6 is 11.3 Å². The number of nitrogens with zero attached hydrogens (tertiary/aromatic N) is 5. The summed E-state index contributed by atoms with van der Waals surface area (Å²) in [4.78, 5) is 11.0. The number of aryl methyl sites for hydroxylation is 1. The Kier molecular flexibility index (Phi) is 3.19. The molecule has 4 heterocycles. The summed E-state index contributed by atoms with van der Waals surface area (Å²) in [6, 6.07) is 8.01. The third kappa shape index (κ3) is 2.19. The van der Waals surface area contributed by atoms with E-state index in [4.69, 9.17) is 0 Å². The van der Waals surface area contributed by atoms with Crippen molar-refractivity contribution < 1.29 is 0 Å². The molecule has 0 radical (unpaired) electrons. The van der Waals surface area contributed by atoms with E-state index in [2.05, 4.69) is 38.5 Å². The molecule has 6 nitrogen and oxygen atoms in total. The van der Waals surface area contributed by atoms with E-state index in [1.165, 1.54) is 4.88 Å². The Morgan fingerprint density at radius 2 is 2.18 bits per heavy atom. The van der Waals surface area contributed by atoms with Crippen molar-refractivity contribution in [3.05, 3.63) is 47.5 Å². The molecule has 0 fully saturated rings. The minimum atomic E-state index is 0.564. The Labute approximate surface area is 130 Å². The van der Waals surface area contributed by atoms with Crippen LogP contribution in [0.2, 0.25) is 0 Å². The van der Waals surface area contributed by atoms with Gasteiger partial charge in [-0.15, -0.1) is 21.5 Å². The molecule has 0 unspecified atom stereocenters. The van der Waals surface area contributed by atoms with Gasteiger partial charge in [-0.1, -0.05) is 13.0 Å². The number of fused-ring (bicyclic) bond motifs is 2. The Morgan fingerprint density at radius 1 is 1.23 bits per heavy atom. The van der Waals surface area contributed by atoms with E-state index in [0.717, 1.165) is 33.9 Å². The summed E-state index contributed by atoms with van der Waals surface area (Å²) in [5, 5.41) is 12.8. The largest absolute Gasteiger partial charge is 0.362 e. The number of hydrogen-bond donors (Lipinski definition) is 1. The average molecular weight is 310 g/mol. The van der Waals surface area contributed by atoms with Crippen LogP contribution in [0, 0.1) is 0 Å². The first-order chi connectivity index (χ1) is 10.8. The summed E-state index contributed by atoms with van der Waals surface area (Å²) < 4.78 is 1.97. The van der Waals surface area contributed by atoms with Crippen molar-refractivity contribution in [2.75, 3.05) is 5.32 Å². The van der Waals surface area contributed by atoms with Gasteiger partial charge in [-0.25, -0.2) is 9.97 Å². The fourth-order valence-electron chi connectivity index (χ4n) is 2.39. The molecule has 1 N–H and O–H groups in total. The smallest absolute Gasteiger partial charge is 0.160 e. The van der Waals surface area contributed by atoms with Crippen LogP contribution < -0.4 is 5.32 Å². The Hall–Kier alpha value is -2.54. The topological polar surface area (TPSA) is 68.0 Å². The lowest BCUT2D eigenvalue weighted by Gasteiger charge is -2.05. The van der Waals surface area contributed by atoms with Crippen LogP contribution in [0.5, 0.6) is 0 Å². The van der Waals surface area contributed by atoms with Crippen LogP contribution in [0.1, 0.15) is 17.6 Å². The summed E-state index contributed by atoms with van der Waals surface area (Å²) >= 11 is 1.71. The third-order valence-corrected chi connectivity index (χ3v) is 4.71. The molecule has 0 aromatic carbocycles.